The quantitative estimate of drug-likeness (QED) is 0.169. The van der Waals surface area contributed by atoms with Crippen LogP contribution in [0.15, 0.2) is 30.3 Å². The smallest absolute Gasteiger partial charge is 0.254 e. The van der Waals surface area contributed by atoms with Crippen molar-refractivity contribution in [2.24, 2.45) is 0 Å². The molecule has 1 aliphatic rings. The van der Waals surface area contributed by atoms with E-state index in [1.165, 1.54) is 0 Å². The number of rotatable bonds is 18. The van der Waals surface area contributed by atoms with E-state index in [0.717, 1.165) is 37.7 Å². The molecule has 0 radical (unpaired) electrons. The first-order valence-electron chi connectivity index (χ1n) is 14.6. The van der Waals surface area contributed by atoms with Crippen LogP contribution in [-0.2, 0) is 34.8 Å². The topological polar surface area (TPSA) is 66.5 Å². The maximum atomic E-state index is 14.0. The predicted octanol–water partition coefficient (Wildman–Crippen LogP) is 5.82. The molecule has 218 valence electrons. The molecule has 1 unspecified atom stereocenters. The Balaban J connectivity index is 2.51. The van der Waals surface area contributed by atoms with Gasteiger partial charge in [0.2, 0.25) is 0 Å². The van der Waals surface area contributed by atoms with Crippen molar-refractivity contribution in [1.29, 1.82) is 0 Å². The number of ether oxygens (including phenoxy) is 4. The maximum Gasteiger partial charge on any atom is 0.254 e. The number of unbranched alkanes of at least 4 members (excludes halogenated alkanes) is 2. The van der Waals surface area contributed by atoms with Crippen molar-refractivity contribution in [3.63, 3.8) is 0 Å². The Morgan fingerprint density at radius 2 is 1.58 bits per heavy atom. The van der Waals surface area contributed by atoms with Crippen LogP contribution in [0.3, 0.4) is 0 Å². The lowest BCUT2D eigenvalue weighted by molar-refractivity contribution is -0.203. The van der Waals surface area contributed by atoms with Crippen LogP contribution in [0.4, 0.5) is 0 Å². The van der Waals surface area contributed by atoms with Gasteiger partial charge in [-0.3, -0.25) is 4.79 Å². The normalized spacial score (nSPS) is 18.6. The van der Waals surface area contributed by atoms with Gasteiger partial charge in [0.1, 0.15) is 12.2 Å². The average Bonchev–Trinajstić information content (AvgIpc) is 2.90. The highest BCUT2D eigenvalue weighted by atomic mass is 28.4. The molecule has 0 aliphatic carbocycles. The van der Waals surface area contributed by atoms with E-state index in [2.05, 4.69) is 59.5 Å². The highest BCUT2D eigenvalue weighted by Gasteiger charge is 2.49. The maximum absolute atomic E-state index is 14.0. The summed E-state index contributed by atoms with van der Waals surface area (Å²) in [5, 5.41) is 0. The fourth-order valence-electron chi connectivity index (χ4n) is 4.73. The van der Waals surface area contributed by atoms with Gasteiger partial charge in [0.25, 0.3) is 5.91 Å². The van der Waals surface area contributed by atoms with E-state index in [9.17, 15) is 4.79 Å². The molecular formula is C30H53NO6Si. The summed E-state index contributed by atoms with van der Waals surface area (Å²) in [5.74, 6) is -0.0503. The van der Waals surface area contributed by atoms with Crippen LogP contribution >= 0.6 is 0 Å². The fourth-order valence-corrected chi connectivity index (χ4v) is 6.39. The summed E-state index contributed by atoms with van der Waals surface area (Å²) in [5.41, 5.74) is 0.410. The molecule has 1 amide bonds. The van der Waals surface area contributed by atoms with E-state index >= 15 is 0 Å². The molecule has 2 rings (SSSR count). The Morgan fingerprint density at radius 1 is 0.974 bits per heavy atom. The first-order chi connectivity index (χ1) is 18.1. The number of morpholine rings is 1. The predicted molar refractivity (Wildman–Crippen MR) is 155 cm³/mol. The van der Waals surface area contributed by atoms with Gasteiger partial charge in [-0.05, 0) is 51.4 Å². The third-order valence-corrected chi connectivity index (χ3v) is 7.96. The second kappa shape index (κ2) is 16.7. The van der Waals surface area contributed by atoms with E-state index in [4.69, 9.17) is 23.4 Å². The third-order valence-electron chi connectivity index (χ3n) is 6.88. The summed E-state index contributed by atoms with van der Waals surface area (Å²) in [7, 11) is -1.98. The standard InChI is InChI=1S/C30H53NO6Si/c1-8-11-20-34-26(27(35-21-12-9-2)29(32)31-18-22-33-23-19-31)28(30(4,10-3)37-38(5,6)7)36-24-25-16-14-13-15-17-25/h13-17,26-28H,8-12,18-24H2,1-7H3/t26-,27-,28+,30?/m1/s1. The number of hydrogen-bond donors (Lipinski definition) is 0. The van der Waals surface area contributed by atoms with Crippen LogP contribution in [0.5, 0.6) is 0 Å². The van der Waals surface area contributed by atoms with Crippen molar-refractivity contribution in [1.82, 2.24) is 4.90 Å². The van der Waals surface area contributed by atoms with Gasteiger partial charge in [0, 0.05) is 26.3 Å². The van der Waals surface area contributed by atoms with Crippen LogP contribution in [-0.4, -0.2) is 82.6 Å². The third kappa shape index (κ3) is 10.7. The van der Waals surface area contributed by atoms with Gasteiger partial charge in [-0.2, -0.15) is 0 Å². The molecule has 0 aromatic heterocycles. The zero-order valence-electron chi connectivity index (χ0n) is 25.0. The van der Waals surface area contributed by atoms with E-state index < -0.39 is 32.2 Å². The number of benzene rings is 1. The zero-order valence-corrected chi connectivity index (χ0v) is 26.0. The molecule has 7 nitrogen and oxygen atoms in total. The van der Waals surface area contributed by atoms with E-state index in [1.807, 2.05) is 23.1 Å². The van der Waals surface area contributed by atoms with Crippen LogP contribution in [0.25, 0.3) is 0 Å². The van der Waals surface area contributed by atoms with E-state index in [0.29, 0.717) is 46.1 Å². The molecule has 8 heteroatoms. The van der Waals surface area contributed by atoms with Gasteiger partial charge in [-0.1, -0.05) is 63.9 Å². The number of nitrogens with zero attached hydrogens (tertiary/aromatic N) is 1. The molecule has 1 aromatic rings. The summed E-state index contributed by atoms with van der Waals surface area (Å²) < 4.78 is 32.1. The molecule has 38 heavy (non-hydrogen) atoms. The molecular weight excluding hydrogens is 498 g/mol. The Bertz CT molecular complexity index is 783. The molecule has 1 aliphatic heterocycles. The second-order valence-electron chi connectivity index (χ2n) is 11.4. The molecule has 0 N–H and O–H groups in total. The monoisotopic (exact) mass is 551 g/mol. The van der Waals surface area contributed by atoms with E-state index in [-0.39, 0.29) is 5.91 Å². The van der Waals surface area contributed by atoms with Gasteiger partial charge < -0.3 is 28.3 Å². The highest BCUT2D eigenvalue weighted by Crippen LogP contribution is 2.33. The molecule has 1 aromatic carbocycles. The minimum Gasteiger partial charge on any atom is -0.410 e. The lowest BCUT2D eigenvalue weighted by Crippen LogP contribution is -2.61. The number of hydrogen-bond acceptors (Lipinski definition) is 6. The van der Waals surface area contributed by atoms with Crippen molar-refractivity contribution < 1.29 is 28.2 Å². The second-order valence-corrected chi connectivity index (χ2v) is 15.8. The summed E-state index contributed by atoms with van der Waals surface area (Å²) in [6, 6.07) is 10.1. The largest absolute Gasteiger partial charge is 0.410 e. The Kier molecular flexibility index (Phi) is 14.5. The first kappa shape index (κ1) is 32.9. The molecule has 0 spiro atoms. The lowest BCUT2D eigenvalue weighted by Gasteiger charge is -2.46. The van der Waals surface area contributed by atoms with Crippen molar-refractivity contribution in [2.75, 3.05) is 39.5 Å². The molecule has 1 heterocycles. The molecule has 0 saturated carbocycles. The average molecular weight is 552 g/mol. The van der Waals surface area contributed by atoms with Crippen LogP contribution in [0, 0.1) is 0 Å². The number of carbonyl (C=O) groups excluding carboxylic acids is 1. The Morgan fingerprint density at radius 3 is 2.13 bits per heavy atom. The Hall–Kier alpha value is -1.29. The Labute approximate surface area is 232 Å². The zero-order chi connectivity index (χ0) is 28.0. The number of carbonyl (C=O) groups is 1. The SMILES string of the molecule is CCCCO[C@H]([C@@H](OCCCC)C(=O)N1CCOCC1)[C@H](OCc1ccccc1)C(C)(CC)O[Si](C)(C)C. The van der Waals surface area contributed by atoms with Crippen LogP contribution < -0.4 is 0 Å². The first-order valence-corrected chi connectivity index (χ1v) is 18.0. The fraction of sp³-hybridized carbons (Fsp3) is 0.767. The molecule has 1 saturated heterocycles. The summed E-state index contributed by atoms with van der Waals surface area (Å²) in [6.45, 7) is 18.7. The lowest BCUT2D eigenvalue weighted by atomic mass is 9.88. The van der Waals surface area contributed by atoms with Gasteiger partial charge in [0.05, 0.1) is 25.4 Å². The molecule has 0 bridgehead atoms. The molecule has 4 atom stereocenters. The van der Waals surface area contributed by atoms with Gasteiger partial charge in [-0.25, -0.2) is 0 Å². The van der Waals surface area contributed by atoms with Crippen molar-refractivity contribution in [2.45, 2.75) is 110 Å². The summed E-state index contributed by atoms with van der Waals surface area (Å²) in [6.07, 6.45) is 2.57. The van der Waals surface area contributed by atoms with Gasteiger partial charge >= 0.3 is 0 Å². The van der Waals surface area contributed by atoms with Crippen LogP contribution in [0.2, 0.25) is 19.6 Å². The van der Waals surface area contributed by atoms with Crippen molar-refractivity contribution in [3.05, 3.63) is 35.9 Å². The summed E-state index contributed by atoms with van der Waals surface area (Å²) in [4.78, 5) is 15.9. The highest BCUT2D eigenvalue weighted by molar-refractivity contribution is 6.69. The van der Waals surface area contributed by atoms with Crippen LogP contribution in [0.1, 0.15) is 65.4 Å². The minimum absolute atomic E-state index is 0.0503. The van der Waals surface area contributed by atoms with Gasteiger partial charge in [0.15, 0.2) is 14.4 Å². The van der Waals surface area contributed by atoms with Crippen molar-refractivity contribution in [3.8, 4) is 0 Å². The number of amides is 1. The van der Waals surface area contributed by atoms with Crippen molar-refractivity contribution >= 4 is 14.2 Å². The van der Waals surface area contributed by atoms with Gasteiger partial charge in [-0.15, -0.1) is 0 Å². The molecule has 1 fully saturated rings. The summed E-state index contributed by atoms with van der Waals surface area (Å²) >= 11 is 0. The van der Waals surface area contributed by atoms with E-state index in [1.54, 1.807) is 0 Å². The minimum atomic E-state index is -1.98.